The Kier molecular flexibility index (Phi) is 10.4. The summed E-state index contributed by atoms with van der Waals surface area (Å²) in [6.45, 7) is 9.20. The normalized spacial score (nSPS) is 24.8. The van der Waals surface area contributed by atoms with Crippen molar-refractivity contribution in [2.24, 2.45) is 11.8 Å². The second-order valence-electron chi connectivity index (χ2n) is 13.1. The number of aliphatic hydroxyl groups is 1. The molecule has 3 aromatic rings. The molecule has 1 spiro atoms. The van der Waals surface area contributed by atoms with Crippen LogP contribution in [0.1, 0.15) is 50.7 Å². The third kappa shape index (κ3) is 6.31. The van der Waals surface area contributed by atoms with Crippen molar-refractivity contribution in [1.29, 1.82) is 0 Å². The van der Waals surface area contributed by atoms with Crippen LogP contribution in [0.25, 0.3) is 11.0 Å². The number of hydrogen-bond donors (Lipinski definition) is 2. The van der Waals surface area contributed by atoms with Gasteiger partial charge in [-0.05, 0) is 43.4 Å². The molecule has 0 aliphatic carbocycles. The van der Waals surface area contributed by atoms with Crippen molar-refractivity contribution in [1.82, 2.24) is 30.1 Å². The fourth-order valence-corrected chi connectivity index (χ4v) is 7.82. The van der Waals surface area contributed by atoms with E-state index in [9.17, 15) is 24.3 Å². The van der Waals surface area contributed by atoms with Crippen LogP contribution in [-0.4, -0.2) is 97.1 Å². The second-order valence-corrected chi connectivity index (χ2v) is 13.1. The van der Waals surface area contributed by atoms with Crippen LogP contribution in [0.5, 0.6) is 0 Å². The number of likely N-dealkylation sites (tertiary alicyclic amines) is 1. The van der Waals surface area contributed by atoms with Crippen molar-refractivity contribution in [2.75, 3.05) is 19.7 Å². The molecule has 2 bridgehead atoms. The molecule has 13 heteroatoms. The van der Waals surface area contributed by atoms with Crippen molar-refractivity contribution in [3.05, 3.63) is 85.5 Å². The predicted octanol–water partition coefficient (Wildman–Crippen LogP) is 2.92. The lowest BCUT2D eigenvalue weighted by atomic mass is 9.70. The number of aliphatic hydroxyl groups excluding tert-OH is 1. The molecule has 7 atom stereocenters. The molecule has 2 N–H and O–H groups in total. The SMILES string of the molecule is C=CCCC(=O)NC[C@H](OC(=O)[C@@H]1[C@H]2C(=O)N([C@@H](CC)CO)[C@H](C(=O)N(CC=C)Cn3nnc4ccccc43)[C@]23CC[C@H]1O3)c1ccccc1. The molecule has 13 nitrogen and oxygen atoms in total. The number of carbonyl (C=O) groups is 4. The average Bonchev–Trinajstić information content (AvgIpc) is 3.89. The van der Waals surface area contributed by atoms with Gasteiger partial charge in [0.15, 0.2) is 0 Å². The van der Waals surface area contributed by atoms with Gasteiger partial charge >= 0.3 is 5.97 Å². The Morgan fingerprint density at radius 3 is 2.64 bits per heavy atom. The van der Waals surface area contributed by atoms with E-state index in [1.54, 1.807) is 21.7 Å². The summed E-state index contributed by atoms with van der Waals surface area (Å²) in [5.41, 5.74) is 0.779. The van der Waals surface area contributed by atoms with Crippen LogP contribution in [-0.2, 0) is 35.3 Å². The fraction of sp³-hybridized carbons (Fsp3) is 0.459. The highest BCUT2D eigenvalue weighted by Gasteiger charge is 2.75. The van der Waals surface area contributed by atoms with Gasteiger partial charge in [0.05, 0.1) is 42.6 Å². The first-order chi connectivity index (χ1) is 24.3. The van der Waals surface area contributed by atoms with Gasteiger partial charge in [-0.3, -0.25) is 19.2 Å². The molecular formula is C37H44N6O7. The van der Waals surface area contributed by atoms with E-state index in [-0.39, 0.29) is 38.7 Å². The smallest absolute Gasteiger partial charge is 0.313 e. The van der Waals surface area contributed by atoms with Crippen LogP contribution >= 0.6 is 0 Å². The van der Waals surface area contributed by atoms with E-state index in [0.29, 0.717) is 36.8 Å². The predicted molar refractivity (Wildman–Crippen MR) is 183 cm³/mol. The van der Waals surface area contributed by atoms with Crippen LogP contribution in [0.4, 0.5) is 0 Å². The number of ether oxygens (including phenoxy) is 2. The maximum Gasteiger partial charge on any atom is 0.313 e. The van der Waals surface area contributed by atoms with Gasteiger partial charge in [0.1, 0.15) is 29.9 Å². The molecule has 0 radical (unpaired) electrons. The summed E-state index contributed by atoms with van der Waals surface area (Å²) in [5.74, 6) is -3.64. The number of fused-ring (bicyclic) bond motifs is 2. The Bertz CT molecular complexity index is 1740. The zero-order chi connectivity index (χ0) is 35.4. The minimum atomic E-state index is -1.31. The number of para-hydroxylation sites is 1. The van der Waals surface area contributed by atoms with E-state index in [1.807, 2.05) is 61.5 Å². The number of amides is 3. The third-order valence-corrected chi connectivity index (χ3v) is 10.2. The van der Waals surface area contributed by atoms with Crippen molar-refractivity contribution >= 4 is 34.7 Å². The van der Waals surface area contributed by atoms with Crippen LogP contribution in [0.3, 0.4) is 0 Å². The van der Waals surface area contributed by atoms with Crippen molar-refractivity contribution in [3.63, 3.8) is 0 Å². The fourth-order valence-electron chi connectivity index (χ4n) is 7.82. The van der Waals surface area contributed by atoms with E-state index in [1.165, 1.54) is 4.90 Å². The Labute approximate surface area is 290 Å². The molecule has 4 heterocycles. The van der Waals surface area contributed by atoms with Gasteiger partial charge in [0.2, 0.25) is 17.7 Å². The Hall–Kier alpha value is -4.88. The minimum absolute atomic E-state index is 0.0345. The van der Waals surface area contributed by atoms with Gasteiger partial charge in [-0.15, -0.1) is 18.3 Å². The summed E-state index contributed by atoms with van der Waals surface area (Å²) in [7, 11) is 0. The molecule has 264 valence electrons. The van der Waals surface area contributed by atoms with Gasteiger partial charge in [-0.2, -0.15) is 0 Å². The van der Waals surface area contributed by atoms with Crippen LogP contribution < -0.4 is 5.32 Å². The van der Waals surface area contributed by atoms with Gasteiger partial charge in [0.25, 0.3) is 0 Å². The molecule has 3 amide bonds. The van der Waals surface area contributed by atoms with Gasteiger partial charge in [-0.25, -0.2) is 4.68 Å². The first-order valence-corrected chi connectivity index (χ1v) is 17.2. The van der Waals surface area contributed by atoms with E-state index in [0.717, 1.165) is 5.52 Å². The molecular weight excluding hydrogens is 640 g/mol. The van der Waals surface area contributed by atoms with Crippen LogP contribution in [0.2, 0.25) is 0 Å². The molecule has 50 heavy (non-hydrogen) atoms. The second kappa shape index (κ2) is 14.9. The maximum absolute atomic E-state index is 14.8. The molecule has 2 aromatic carbocycles. The van der Waals surface area contributed by atoms with Crippen molar-refractivity contribution in [3.8, 4) is 0 Å². The third-order valence-electron chi connectivity index (χ3n) is 10.2. The Morgan fingerprint density at radius 1 is 1.16 bits per heavy atom. The largest absolute Gasteiger partial charge is 0.455 e. The van der Waals surface area contributed by atoms with Crippen LogP contribution in [0, 0.1) is 11.8 Å². The molecule has 3 aliphatic rings. The van der Waals surface area contributed by atoms with Gasteiger partial charge in [-0.1, -0.05) is 66.8 Å². The summed E-state index contributed by atoms with van der Waals surface area (Å²) < 4.78 is 14.4. The summed E-state index contributed by atoms with van der Waals surface area (Å²) in [4.78, 5) is 59.0. The highest BCUT2D eigenvalue weighted by molar-refractivity contribution is 5.98. The molecule has 1 aromatic heterocycles. The highest BCUT2D eigenvalue weighted by Crippen LogP contribution is 2.59. The lowest BCUT2D eigenvalue weighted by Crippen LogP contribution is -2.58. The zero-order valence-electron chi connectivity index (χ0n) is 28.2. The average molecular weight is 685 g/mol. The van der Waals surface area contributed by atoms with E-state index >= 15 is 0 Å². The highest BCUT2D eigenvalue weighted by atomic mass is 16.6. The first-order valence-electron chi connectivity index (χ1n) is 17.2. The van der Waals surface area contributed by atoms with Crippen LogP contribution in [0.15, 0.2) is 79.9 Å². The van der Waals surface area contributed by atoms with E-state index < -0.39 is 59.5 Å². The zero-order valence-corrected chi connectivity index (χ0v) is 28.2. The van der Waals surface area contributed by atoms with Gasteiger partial charge in [0, 0.05) is 13.0 Å². The molecule has 3 fully saturated rings. The van der Waals surface area contributed by atoms with Crippen molar-refractivity contribution in [2.45, 2.75) is 75.6 Å². The number of allylic oxidation sites excluding steroid dienone is 1. The molecule has 6 rings (SSSR count). The lowest BCUT2D eigenvalue weighted by Gasteiger charge is -2.39. The first kappa shape index (κ1) is 35.0. The summed E-state index contributed by atoms with van der Waals surface area (Å²) >= 11 is 0. The van der Waals surface area contributed by atoms with E-state index in [4.69, 9.17) is 9.47 Å². The lowest BCUT2D eigenvalue weighted by molar-refractivity contribution is -0.161. The standard InChI is InChI=1S/C37H44N6O7/c1-4-7-17-30(45)38-21-29(24-13-9-8-10-14-24)49-36(48)31-28-18-19-37(50-28)32(31)34(46)43(25(6-3)22-44)33(37)35(47)41(20-5-2)23-42-27-16-12-11-15-26(27)39-40-42/h4-5,8-16,25,28-29,31-33,44H,1-2,6-7,17-23H2,3H3,(H,38,45)/t25-,28+,29-,31-,32-,33+,37-/m0/s1. The number of aromatic nitrogens is 3. The minimum Gasteiger partial charge on any atom is -0.455 e. The number of hydrogen-bond acceptors (Lipinski definition) is 9. The summed E-state index contributed by atoms with van der Waals surface area (Å²) in [6.07, 6.45) is 3.76. The molecule has 0 saturated carbocycles. The number of esters is 1. The molecule has 3 saturated heterocycles. The summed E-state index contributed by atoms with van der Waals surface area (Å²) in [6, 6.07) is 14.7. The molecule has 0 unspecified atom stereocenters. The maximum atomic E-state index is 14.8. The Morgan fingerprint density at radius 2 is 1.92 bits per heavy atom. The number of benzene rings is 2. The quantitative estimate of drug-likeness (QED) is 0.171. The Balaban J connectivity index is 1.31. The number of nitrogens with one attached hydrogen (secondary N) is 1. The number of carbonyl (C=O) groups excluding carboxylic acids is 4. The number of rotatable bonds is 16. The van der Waals surface area contributed by atoms with Crippen molar-refractivity contribution < 1.29 is 33.8 Å². The topological polar surface area (TPSA) is 156 Å². The molecule has 3 aliphatic heterocycles. The monoisotopic (exact) mass is 684 g/mol. The number of nitrogens with zero attached hydrogens (tertiary/aromatic N) is 5. The van der Waals surface area contributed by atoms with E-state index in [2.05, 4.69) is 28.8 Å². The summed E-state index contributed by atoms with van der Waals surface area (Å²) in [5, 5.41) is 21.8. The van der Waals surface area contributed by atoms with Gasteiger partial charge < -0.3 is 29.7 Å².